The number of fused-ring (bicyclic) bond motifs is 1. The van der Waals surface area contributed by atoms with Crippen LogP contribution in [0.1, 0.15) is 25.6 Å². The monoisotopic (exact) mass is 464 g/mol. The highest BCUT2D eigenvalue weighted by molar-refractivity contribution is 5.70. The van der Waals surface area contributed by atoms with Crippen LogP contribution >= 0.6 is 0 Å². The lowest BCUT2D eigenvalue weighted by Gasteiger charge is -2.34. The molecule has 12 heteroatoms. The van der Waals surface area contributed by atoms with E-state index in [1.807, 2.05) is 37.4 Å². The SMILES string of the molecule is CCCCn1c(=O)[nH]c(=O)c2c1nc(CN1CCN(c3nnnn3-c3ccccc3)CC1)n2C. The average Bonchev–Trinajstić information content (AvgIpc) is 3.46. The van der Waals surface area contributed by atoms with Crippen molar-refractivity contribution in [3.63, 3.8) is 0 Å². The van der Waals surface area contributed by atoms with Crippen molar-refractivity contribution in [2.75, 3.05) is 31.1 Å². The van der Waals surface area contributed by atoms with E-state index in [4.69, 9.17) is 4.98 Å². The summed E-state index contributed by atoms with van der Waals surface area (Å²) in [6, 6.07) is 9.84. The molecule has 1 aliphatic heterocycles. The van der Waals surface area contributed by atoms with Crippen LogP contribution in [0.2, 0.25) is 0 Å². The number of imidazole rings is 1. The van der Waals surface area contributed by atoms with Crippen LogP contribution in [0, 0.1) is 0 Å². The van der Waals surface area contributed by atoms with Crippen molar-refractivity contribution in [3.05, 3.63) is 57.0 Å². The molecule has 0 radical (unpaired) electrons. The average molecular weight is 465 g/mol. The summed E-state index contributed by atoms with van der Waals surface area (Å²) in [6.07, 6.45) is 1.79. The molecular formula is C22H28N10O2. The Morgan fingerprint density at radius 3 is 2.56 bits per heavy atom. The number of aromatic nitrogens is 8. The van der Waals surface area contributed by atoms with Gasteiger partial charge in [-0.05, 0) is 29.0 Å². The number of piperazine rings is 1. The number of H-pyrrole nitrogens is 1. The molecular weight excluding hydrogens is 436 g/mol. The molecule has 0 spiro atoms. The van der Waals surface area contributed by atoms with E-state index in [2.05, 4.69) is 37.2 Å². The van der Waals surface area contributed by atoms with Gasteiger partial charge in [-0.25, -0.2) is 9.78 Å². The second kappa shape index (κ2) is 9.21. The van der Waals surface area contributed by atoms with Crippen molar-refractivity contribution in [2.45, 2.75) is 32.9 Å². The van der Waals surface area contributed by atoms with Crippen molar-refractivity contribution in [1.82, 2.24) is 44.2 Å². The normalized spacial score (nSPS) is 14.8. The van der Waals surface area contributed by atoms with Crippen LogP contribution in [0.25, 0.3) is 16.9 Å². The first-order chi connectivity index (χ1) is 16.6. The van der Waals surface area contributed by atoms with Gasteiger partial charge < -0.3 is 9.47 Å². The lowest BCUT2D eigenvalue weighted by molar-refractivity contribution is 0.240. The molecule has 1 N–H and O–H groups in total. The minimum Gasteiger partial charge on any atom is -0.337 e. The van der Waals surface area contributed by atoms with Crippen molar-refractivity contribution in [1.29, 1.82) is 0 Å². The first-order valence-electron chi connectivity index (χ1n) is 11.6. The van der Waals surface area contributed by atoms with Crippen LogP contribution in [0.15, 0.2) is 39.9 Å². The molecule has 12 nitrogen and oxygen atoms in total. The van der Waals surface area contributed by atoms with Crippen molar-refractivity contribution in [3.8, 4) is 5.69 Å². The predicted molar refractivity (Wildman–Crippen MR) is 127 cm³/mol. The Morgan fingerprint density at radius 1 is 1.06 bits per heavy atom. The van der Waals surface area contributed by atoms with Crippen LogP contribution in [-0.2, 0) is 20.1 Å². The minimum atomic E-state index is -0.402. The molecule has 0 unspecified atom stereocenters. The lowest BCUT2D eigenvalue weighted by atomic mass is 10.3. The number of aromatic amines is 1. The van der Waals surface area contributed by atoms with Gasteiger partial charge in [-0.2, -0.15) is 4.68 Å². The third-order valence-electron chi connectivity index (χ3n) is 6.31. The molecule has 4 aromatic rings. The van der Waals surface area contributed by atoms with Gasteiger partial charge in [0.1, 0.15) is 5.82 Å². The van der Waals surface area contributed by atoms with Gasteiger partial charge in [0, 0.05) is 39.8 Å². The van der Waals surface area contributed by atoms with E-state index in [0.717, 1.165) is 56.5 Å². The number of rotatable bonds is 7. The Balaban J connectivity index is 1.33. The van der Waals surface area contributed by atoms with Gasteiger partial charge in [-0.15, -0.1) is 0 Å². The Labute approximate surface area is 195 Å². The Hall–Kier alpha value is -3.80. The smallest absolute Gasteiger partial charge is 0.330 e. The highest BCUT2D eigenvalue weighted by Gasteiger charge is 2.24. The van der Waals surface area contributed by atoms with Gasteiger partial charge in [0.05, 0.1) is 12.2 Å². The second-order valence-electron chi connectivity index (χ2n) is 8.51. The molecule has 0 atom stereocenters. The molecule has 0 bridgehead atoms. The summed E-state index contributed by atoms with van der Waals surface area (Å²) in [7, 11) is 1.83. The molecule has 178 valence electrons. The number of nitrogens with one attached hydrogen (secondary N) is 1. The third-order valence-corrected chi connectivity index (χ3v) is 6.31. The number of unbranched alkanes of at least 4 members (excludes halogenated alkanes) is 1. The van der Waals surface area contributed by atoms with Gasteiger partial charge in [0.2, 0.25) is 5.95 Å². The zero-order valence-corrected chi connectivity index (χ0v) is 19.4. The van der Waals surface area contributed by atoms with E-state index >= 15 is 0 Å². The second-order valence-corrected chi connectivity index (χ2v) is 8.51. The van der Waals surface area contributed by atoms with E-state index in [1.165, 1.54) is 0 Å². The van der Waals surface area contributed by atoms with E-state index in [1.54, 1.807) is 13.8 Å². The fourth-order valence-corrected chi connectivity index (χ4v) is 4.38. The molecule has 1 fully saturated rings. The van der Waals surface area contributed by atoms with E-state index in [9.17, 15) is 9.59 Å². The molecule has 4 heterocycles. The Kier molecular flexibility index (Phi) is 5.97. The minimum absolute atomic E-state index is 0.397. The maximum Gasteiger partial charge on any atom is 0.330 e. The summed E-state index contributed by atoms with van der Waals surface area (Å²) in [5.41, 5.74) is 1.02. The molecule has 0 saturated carbocycles. The summed E-state index contributed by atoms with van der Waals surface area (Å²) >= 11 is 0. The fraction of sp³-hybridized carbons (Fsp3) is 0.455. The molecule has 5 rings (SSSR count). The summed E-state index contributed by atoms with van der Waals surface area (Å²) in [4.78, 5) is 36.5. The van der Waals surface area contributed by atoms with Crippen molar-refractivity contribution >= 4 is 17.1 Å². The molecule has 1 saturated heterocycles. The molecule has 3 aromatic heterocycles. The standard InChI is InChI=1S/C22H28N10O2/c1-3-4-10-31-19-18(20(33)24-22(31)34)28(2)17(23-19)15-29-11-13-30(14-12-29)21-25-26-27-32(21)16-8-6-5-7-9-16/h5-9H,3-4,10-15H2,1-2H3,(H,24,33,34). The van der Waals surface area contributed by atoms with Gasteiger partial charge in [-0.3, -0.25) is 19.2 Å². The third kappa shape index (κ3) is 4.00. The van der Waals surface area contributed by atoms with Gasteiger partial charge >= 0.3 is 5.69 Å². The largest absolute Gasteiger partial charge is 0.337 e. The van der Waals surface area contributed by atoms with Gasteiger partial charge in [0.25, 0.3) is 5.56 Å². The Morgan fingerprint density at radius 2 is 1.82 bits per heavy atom. The van der Waals surface area contributed by atoms with Crippen molar-refractivity contribution in [2.24, 2.45) is 7.05 Å². The summed E-state index contributed by atoms with van der Waals surface area (Å²) in [5.74, 6) is 1.49. The van der Waals surface area contributed by atoms with Crippen LogP contribution < -0.4 is 16.1 Å². The van der Waals surface area contributed by atoms with Crippen LogP contribution in [0.5, 0.6) is 0 Å². The zero-order valence-electron chi connectivity index (χ0n) is 19.4. The molecule has 1 aromatic carbocycles. The summed E-state index contributed by atoms with van der Waals surface area (Å²) < 4.78 is 5.13. The number of benzene rings is 1. The number of tetrazole rings is 1. The maximum absolute atomic E-state index is 12.5. The number of hydrogen-bond donors (Lipinski definition) is 1. The first kappa shape index (κ1) is 22.0. The molecule has 34 heavy (non-hydrogen) atoms. The summed E-state index contributed by atoms with van der Waals surface area (Å²) in [6.45, 7) is 6.30. The number of nitrogens with zero attached hydrogens (tertiary/aromatic N) is 9. The number of hydrogen-bond acceptors (Lipinski definition) is 8. The maximum atomic E-state index is 12.5. The zero-order chi connectivity index (χ0) is 23.7. The molecule has 1 aliphatic rings. The predicted octanol–water partition coefficient (Wildman–Crippen LogP) is 0.521. The molecule has 0 amide bonds. The van der Waals surface area contributed by atoms with Crippen molar-refractivity contribution < 1.29 is 0 Å². The topological polar surface area (TPSA) is 123 Å². The van der Waals surface area contributed by atoms with Crippen LogP contribution in [0.4, 0.5) is 5.95 Å². The quantitative estimate of drug-likeness (QED) is 0.420. The van der Waals surface area contributed by atoms with Gasteiger partial charge in [-0.1, -0.05) is 36.6 Å². The summed E-state index contributed by atoms with van der Waals surface area (Å²) in [5, 5.41) is 12.3. The van der Waals surface area contributed by atoms with E-state index < -0.39 is 11.2 Å². The highest BCUT2D eigenvalue weighted by atomic mass is 16.2. The van der Waals surface area contributed by atoms with Gasteiger partial charge in [0.15, 0.2) is 11.2 Å². The first-order valence-corrected chi connectivity index (χ1v) is 11.6. The van der Waals surface area contributed by atoms with E-state index in [0.29, 0.717) is 24.3 Å². The number of aryl methyl sites for hydroxylation is 2. The van der Waals surface area contributed by atoms with Crippen LogP contribution in [-0.4, -0.2) is 70.4 Å². The fourth-order valence-electron chi connectivity index (χ4n) is 4.38. The van der Waals surface area contributed by atoms with Crippen LogP contribution in [0.3, 0.4) is 0 Å². The number of para-hydroxylation sites is 1. The number of anilines is 1. The van der Waals surface area contributed by atoms with E-state index in [-0.39, 0.29) is 0 Å². The Bertz CT molecular complexity index is 1390. The highest BCUT2D eigenvalue weighted by Crippen LogP contribution is 2.18. The lowest BCUT2D eigenvalue weighted by Crippen LogP contribution is -2.47. The molecule has 0 aliphatic carbocycles.